The highest BCUT2D eigenvalue weighted by Crippen LogP contribution is 2.28. The molecule has 74 valence electrons. The summed E-state index contributed by atoms with van der Waals surface area (Å²) >= 11 is 3.17. The molecular weight excluding hydrogens is 253 g/mol. The summed E-state index contributed by atoms with van der Waals surface area (Å²) in [5.74, 6) is -0.349. The lowest BCUT2D eigenvalue weighted by molar-refractivity contribution is 0.145. The van der Waals surface area contributed by atoms with Crippen LogP contribution in [-0.4, -0.2) is 16.1 Å². The summed E-state index contributed by atoms with van der Waals surface area (Å²) in [5.41, 5.74) is 1.22. The van der Waals surface area contributed by atoms with Crippen molar-refractivity contribution in [2.24, 2.45) is 0 Å². The van der Waals surface area contributed by atoms with Crippen molar-refractivity contribution >= 4 is 22.0 Å². The Kier molecular flexibility index (Phi) is 2.19. The monoisotopic (exact) mass is 259 g/mol. The van der Waals surface area contributed by atoms with Crippen LogP contribution in [0.2, 0.25) is 0 Å². The van der Waals surface area contributed by atoms with Crippen molar-refractivity contribution in [2.75, 3.05) is 0 Å². The molecule has 2 rings (SSSR count). The van der Waals surface area contributed by atoms with E-state index in [9.17, 15) is 9.18 Å². The fraction of sp³-hybridized carbons (Fsp3) is 0.222. The molecule has 0 atom stereocenters. The third-order valence-corrected chi connectivity index (χ3v) is 2.69. The summed E-state index contributed by atoms with van der Waals surface area (Å²) in [6, 6.07) is 3.10. The van der Waals surface area contributed by atoms with Crippen LogP contribution in [0.15, 0.2) is 16.6 Å². The van der Waals surface area contributed by atoms with E-state index >= 15 is 0 Å². The first kappa shape index (κ1) is 9.45. The van der Waals surface area contributed by atoms with E-state index in [1.165, 1.54) is 11.0 Å². The zero-order valence-electron chi connectivity index (χ0n) is 7.13. The predicted octanol–water partition coefficient (Wildman–Crippen LogP) is 2.58. The maximum Gasteiger partial charge on any atom is 0.407 e. The molecule has 0 radical (unpaired) electrons. The second-order valence-corrected chi connectivity index (χ2v) is 4.08. The molecule has 1 aromatic carbocycles. The zero-order valence-corrected chi connectivity index (χ0v) is 8.71. The minimum absolute atomic E-state index is 0.143. The van der Waals surface area contributed by atoms with Gasteiger partial charge in [0.2, 0.25) is 0 Å². The molecule has 1 amide bonds. The van der Waals surface area contributed by atoms with Crippen LogP contribution >= 0.6 is 15.9 Å². The first-order chi connectivity index (χ1) is 6.58. The summed E-state index contributed by atoms with van der Waals surface area (Å²) in [6.45, 7) is 0.408. The van der Waals surface area contributed by atoms with Crippen LogP contribution in [0, 0.1) is 5.82 Å². The average Bonchev–Trinajstić information content (AvgIpc) is 2.47. The maximum atomic E-state index is 13.3. The maximum absolute atomic E-state index is 13.3. The first-order valence-corrected chi connectivity index (χ1v) is 4.82. The first-order valence-electron chi connectivity index (χ1n) is 4.02. The van der Waals surface area contributed by atoms with Crippen LogP contribution in [0.25, 0.3) is 0 Å². The van der Waals surface area contributed by atoms with Crippen molar-refractivity contribution in [3.05, 3.63) is 33.5 Å². The Morgan fingerprint density at radius 1 is 1.50 bits per heavy atom. The molecule has 14 heavy (non-hydrogen) atoms. The van der Waals surface area contributed by atoms with Crippen molar-refractivity contribution < 1.29 is 14.3 Å². The molecule has 5 heteroatoms. The summed E-state index contributed by atoms with van der Waals surface area (Å²) in [6.07, 6.45) is -1.02. The van der Waals surface area contributed by atoms with Gasteiger partial charge in [-0.25, -0.2) is 9.18 Å². The number of hydrogen-bond acceptors (Lipinski definition) is 1. The molecular formula is C9H7BrFNO2. The Balaban J connectivity index is 2.39. The smallest absolute Gasteiger partial charge is 0.407 e. The van der Waals surface area contributed by atoms with E-state index in [0.717, 1.165) is 5.56 Å². The SMILES string of the molecule is O=C(O)N1Cc2cc(Br)cc(F)c2C1. The minimum atomic E-state index is -1.02. The summed E-state index contributed by atoms with van der Waals surface area (Å²) in [4.78, 5) is 11.8. The van der Waals surface area contributed by atoms with Gasteiger partial charge in [-0.15, -0.1) is 0 Å². The van der Waals surface area contributed by atoms with Gasteiger partial charge in [0, 0.05) is 16.6 Å². The summed E-state index contributed by atoms with van der Waals surface area (Å²) in [5, 5.41) is 8.74. The van der Waals surface area contributed by atoms with Crippen LogP contribution < -0.4 is 0 Å². The van der Waals surface area contributed by atoms with Crippen molar-refractivity contribution in [1.29, 1.82) is 0 Å². The minimum Gasteiger partial charge on any atom is -0.465 e. The van der Waals surface area contributed by atoms with E-state index in [2.05, 4.69) is 15.9 Å². The number of carbonyl (C=O) groups is 1. The van der Waals surface area contributed by atoms with Gasteiger partial charge in [0.05, 0.1) is 6.54 Å². The van der Waals surface area contributed by atoms with Gasteiger partial charge in [0.15, 0.2) is 0 Å². The number of rotatable bonds is 0. The van der Waals surface area contributed by atoms with Crippen molar-refractivity contribution in [3.63, 3.8) is 0 Å². The number of halogens is 2. The topological polar surface area (TPSA) is 40.5 Å². The molecule has 1 aliphatic rings. The van der Waals surface area contributed by atoms with Gasteiger partial charge in [0.1, 0.15) is 5.82 Å². The lowest BCUT2D eigenvalue weighted by Gasteiger charge is -2.08. The van der Waals surface area contributed by atoms with E-state index in [4.69, 9.17) is 5.11 Å². The Labute approximate surface area is 88.3 Å². The van der Waals surface area contributed by atoms with E-state index in [1.807, 2.05) is 0 Å². The van der Waals surface area contributed by atoms with E-state index in [0.29, 0.717) is 10.0 Å². The molecule has 0 spiro atoms. The number of hydrogen-bond donors (Lipinski definition) is 1. The standard InChI is InChI=1S/C9H7BrFNO2/c10-6-1-5-3-12(9(13)14)4-7(5)8(11)2-6/h1-2H,3-4H2,(H,13,14). The molecule has 1 aliphatic heterocycles. The van der Waals surface area contributed by atoms with Crippen molar-refractivity contribution in [3.8, 4) is 0 Å². The number of carboxylic acid groups (broad SMARTS) is 1. The van der Waals surface area contributed by atoms with Crippen LogP contribution in [0.4, 0.5) is 9.18 Å². The molecule has 0 unspecified atom stereocenters. The highest BCUT2D eigenvalue weighted by Gasteiger charge is 2.25. The molecule has 3 nitrogen and oxygen atoms in total. The molecule has 1 heterocycles. The van der Waals surface area contributed by atoms with Gasteiger partial charge in [-0.05, 0) is 17.7 Å². The Hall–Kier alpha value is -1.10. The highest BCUT2D eigenvalue weighted by atomic mass is 79.9. The molecule has 1 N–H and O–H groups in total. The molecule has 0 aromatic heterocycles. The molecule has 1 aromatic rings. The number of amides is 1. The van der Waals surface area contributed by atoms with Crippen molar-refractivity contribution in [2.45, 2.75) is 13.1 Å². The van der Waals surface area contributed by atoms with Crippen LogP contribution in [0.3, 0.4) is 0 Å². The van der Waals surface area contributed by atoms with Gasteiger partial charge in [0.25, 0.3) is 0 Å². The Bertz CT molecular complexity index is 408. The van der Waals surface area contributed by atoms with Gasteiger partial charge in [-0.2, -0.15) is 0 Å². The predicted molar refractivity (Wildman–Crippen MR) is 51.4 cm³/mol. The molecule has 0 saturated carbocycles. The van der Waals surface area contributed by atoms with Gasteiger partial charge in [-0.3, -0.25) is 4.90 Å². The van der Waals surface area contributed by atoms with Gasteiger partial charge in [-0.1, -0.05) is 15.9 Å². The number of fused-ring (bicyclic) bond motifs is 1. The van der Waals surface area contributed by atoms with Crippen molar-refractivity contribution in [1.82, 2.24) is 4.90 Å². The van der Waals surface area contributed by atoms with E-state index in [-0.39, 0.29) is 18.9 Å². The fourth-order valence-electron chi connectivity index (χ4n) is 1.56. The summed E-state index contributed by atoms with van der Waals surface area (Å²) in [7, 11) is 0. The Morgan fingerprint density at radius 3 is 2.86 bits per heavy atom. The highest BCUT2D eigenvalue weighted by molar-refractivity contribution is 9.10. The number of benzene rings is 1. The fourth-order valence-corrected chi connectivity index (χ4v) is 2.04. The molecule has 0 aliphatic carbocycles. The third-order valence-electron chi connectivity index (χ3n) is 2.23. The third kappa shape index (κ3) is 1.48. The summed E-state index contributed by atoms with van der Waals surface area (Å²) < 4.78 is 14.0. The van der Waals surface area contributed by atoms with Crippen LogP contribution in [0.5, 0.6) is 0 Å². The quantitative estimate of drug-likeness (QED) is 0.778. The largest absolute Gasteiger partial charge is 0.465 e. The lowest BCUT2D eigenvalue weighted by atomic mass is 10.1. The van der Waals surface area contributed by atoms with Crippen LogP contribution in [-0.2, 0) is 13.1 Å². The van der Waals surface area contributed by atoms with Crippen LogP contribution in [0.1, 0.15) is 11.1 Å². The lowest BCUT2D eigenvalue weighted by Crippen LogP contribution is -2.22. The van der Waals surface area contributed by atoms with Gasteiger partial charge >= 0.3 is 6.09 Å². The second-order valence-electron chi connectivity index (χ2n) is 3.16. The molecule has 0 saturated heterocycles. The van der Waals surface area contributed by atoms with Gasteiger partial charge < -0.3 is 5.11 Å². The average molecular weight is 260 g/mol. The second kappa shape index (κ2) is 3.24. The molecule has 0 fully saturated rings. The normalized spacial score (nSPS) is 14.3. The zero-order chi connectivity index (χ0) is 10.3. The molecule has 0 bridgehead atoms. The number of nitrogens with zero attached hydrogens (tertiary/aromatic N) is 1. The van der Waals surface area contributed by atoms with E-state index in [1.54, 1.807) is 6.07 Å². The Morgan fingerprint density at radius 2 is 2.21 bits per heavy atom. The van der Waals surface area contributed by atoms with E-state index < -0.39 is 6.09 Å².